The lowest BCUT2D eigenvalue weighted by molar-refractivity contribution is -0.157. The number of esters is 2. The van der Waals surface area contributed by atoms with E-state index in [0.717, 1.165) is 27.1 Å². The highest BCUT2D eigenvalue weighted by atomic mass is 16.6. The molecule has 0 bridgehead atoms. The normalized spacial score (nSPS) is 10.6. The van der Waals surface area contributed by atoms with E-state index in [1.807, 2.05) is 48.5 Å². The maximum atomic E-state index is 11.9. The predicted molar refractivity (Wildman–Crippen MR) is 97.0 cm³/mol. The van der Waals surface area contributed by atoms with Crippen molar-refractivity contribution in [3.63, 3.8) is 0 Å². The van der Waals surface area contributed by atoms with Crippen LogP contribution >= 0.6 is 0 Å². The van der Waals surface area contributed by atoms with E-state index in [1.165, 1.54) is 6.92 Å². The first-order valence-corrected chi connectivity index (χ1v) is 7.94. The van der Waals surface area contributed by atoms with Crippen molar-refractivity contribution in [3.05, 3.63) is 72.3 Å². The van der Waals surface area contributed by atoms with Crippen molar-refractivity contribution in [2.24, 2.45) is 0 Å². The second-order valence-electron chi connectivity index (χ2n) is 5.81. The van der Waals surface area contributed by atoms with Gasteiger partial charge in [0.2, 0.25) is 0 Å². The molecule has 4 nitrogen and oxygen atoms in total. The van der Waals surface area contributed by atoms with E-state index in [4.69, 9.17) is 9.47 Å². The monoisotopic (exact) mass is 334 g/mol. The first kappa shape index (κ1) is 16.7. The molecule has 0 aliphatic rings. The van der Waals surface area contributed by atoms with E-state index in [1.54, 1.807) is 0 Å². The molecule has 3 aromatic carbocycles. The zero-order valence-electron chi connectivity index (χ0n) is 14.0. The van der Waals surface area contributed by atoms with Crippen molar-refractivity contribution in [1.82, 2.24) is 0 Å². The molecule has 0 unspecified atom stereocenters. The number of fused-ring (bicyclic) bond motifs is 2. The average Bonchev–Trinajstić information content (AvgIpc) is 2.62. The van der Waals surface area contributed by atoms with Gasteiger partial charge in [0.05, 0.1) is 0 Å². The maximum Gasteiger partial charge on any atom is 0.344 e. The second-order valence-corrected chi connectivity index (χ2v) is 5.81. The smallest absolute Gasteiger partial charge is 0.344 e. The van der Waals surface area contributed by atoms with Crippen LogP contribution in [0.5, 0.6) is 0 Å². The number of hydrogen-bond acceptors (Lipinski definition) is 4. The number of ether oxygens (including phenoxy) is 2. The molecule has 0 atom stereocenters. The summed E-state index contributed by atoms with van der Waals surface area (Å²) >= 11 is 0. The second kappa shape index (κ2) is 7.18. The third-order valence-electron chi connectivity index (χ3n) is 3.93. The largest absolute Gasteiger partial charge is 0.458 e. The Kier molecular flexibility index (Phi) is 4.80. The number of rotatable bonds is 5. The van der Waals surface area contributed by atoms with Gasteiger partial charge in [-0.15, -0.1) is 0 Å². The molecule has 0 heterocycles. The number of benzene rings is 3. The molecule has 0 fully saturated rings. The summed E-state index contributed by atoms with van der Waals surface area (Å²) in [6.45, 7) is 4.69. The minimum absolute atomic E-state index is 0.116. The highest BCUT2D eigenvalue weighted by molar-refractivity contribution is 6.02. The molecule has 0 aromatic heterocycles. The van der Waals surface area contributed by atoms with Gasteiger partial charge < -0.3 is 9.47 Å². The van der Waals surface area contributed by atoms with Crippen molar-refractivity contribution >= 4 is 33.5 Å². The Morgan fingerprint density at radius 1 is 0.920 bits per heavy atom. The summed E-state index contributed by atoms with van der Waals surface area (Å²) in [7, 11) is 0. The van der Waals surface area contributed by atoms with Gasteiger partial charge in [0.15, 0.2) is 6.61 Å². The van der Waals surface area contributed by atoms with Crippen LogP contribution in [0.2, 0.25) is 0 Å². The van der Waals surface area contributed by atoms with Crippen LogP contribution in [0.1, 0.15) is 12.5 Å². The van der Waals surface area contributed by atoms with Gasteiger partial charge in [-0.05, 0) is 34.5 Å². The molecule has 25 heavy (non-hydrogen) atoms. The van der Waals surface area contributed by atoms with Gasteiger partial charge in [0, 0.05) is 11.1 Å². The summed E-state index contributed by atoms with van der Waals surface area (Å²) in [4.78, 5) is 23.2. The third-order valence-corrected chi connectivity index (χ3v) is 3.93. The van der Waals surface area contributed by atoms with Gasteiger partial charge in [0.25, 0.3) is 0 Å². The summed E-state index contributed by atoms with van der Waals surface area (Å²) in [6.07, 6.45) is 0. The number of hydrogen-bond donors (Lipinski definition) is 0. The Morgan fingerprint density at radius 3 is 2.04 bits per heavy atom. The van der Waals surface area contributed by atoms with Crippen LogP contribution in [0.15, 0.2) is 66.7 Å². The highest BCUT2D eigenvalue weighted by Crippen LogP contribution is 2.29. The summed E-state index contributed by atoms with van der Waals surface area (Å²) in [5.41, 5.74) is 1.18. The first-order valence-electron chi connectivity index (χ1n) is 7.94. The predicted octanol–water partition coefficient (Wildman–Crippen LogP) is 4.16. The quantitative estimate of drug-likeness (QED) is 0.399. The molecule has 0 saturated carbocycles. The lowest BCUT2D eigenvalue weighted by atomic mass is 9.97. The highest BCUT2D eigenvalue weighted by Gasteiger charge is 2.12. The fraction of sp³-hybridized carbons (Fsp3) is 0.143. The molecule has 0 radical (unpaired) electrons. The van der Waals surface area contributed by atoms with Gasteiger partial charge in [-0.1, -0.05) is 55.1 Å². The van der Waals surface area contributed by atoms with Crippen LogP contribution in [0.4, 0.5) is 0 Å². The molecule has 0 amide bonds. The van der Waals surface area contributed by atoms with E-state index in [-0.39, 0.29) is 12.2 Å². The molecule has 3 rings (SSSR count). The van der Waals surface area contributed by atoms with E-state index in [0.29, 0.717) is 0 Å². The van der Waals surface area contributed by atoms with Crippen molar-refractivity contribution in [2.75, 3.05) is 6.61 Å². The van der Waals surface area contributed by atoms with E-state index in [2.05, 4.69) is 12.6 Å². The first-order chi connectivity index (χ1) is 12.1. The Hall–Kier alpha value is -3.14. The zero-order valence-corrected chi connectivity index (χ0v) is 14.0. The van der Waals surface area contributed by atoms with Gasteiger partial charge in [0.1, 0.15) is 6.61 Å². The Balaban J connectivity index is 1.83. The van der Waals surface area contributed by atoms with Crippen LogP contribution in [0.3, 0.4) is 0 Å². The Labute approximate surface area is 145 Å². The molecule has 126 valence electrons. The van der Waals surface area contributed by atoms with Crippen LogP contribution in [0.25, 0.3) is 21.5 Å². The standard InChI is InChI=1S/C21H18O4/c1-14(2)21(23)25-13-20(22)24-12-19-17-9-5-3-7-15(17)11-16-8-4-6-10-18(16)19/h3-11H,1,12-13H2,2H3. The van der Waals surface area contributed by atoms with Gasteiger partial charge >= 0.3 is 11.9 Å². The number of carbonyl (C=O) groups is 2. The van der Waals surface area contributed by atoms with Gasteiger partial charge in [-0.25, -0.2) is 9.59 Å². The Morgan fingerprint density at radius 2 is 1.48 bits per heavy atom. The molecular formula is C21H18O4. The van der Waals surface area contributed by atoms with E-state index < -0.39 is 18.5 Å². The van der Waals surface area contributed by atoms with Gasteiger partial charge in [-0.2, -0.15) is 0 Å². The minimum atomic E-state index is -0.604. The van der Waals surface area contributed by atoms with Crippen molar-refractivity contribution < 1.29 is 19.1 Å². The zero-order chi connectivity index (χ0) is 17.8. The molecule has 3 aromatic rings. The molecule has 0 spiro atoms. The average molecular weight is 334 g/mol. The van der Waals surface area contributed by atoms with Crippen LogP contribution in [-0.4, -0.2) is 18.5 Å². The summed E-state index contributed by atoms with van der Waals surface area (Å²) < 4.78 is 10.1. The summed E-state index contributed by atoms with van der Waals surface area (Å²) in [6, 6.07) is 18.0. The molecule has 0 aliphatic carbocycles. The third kappa shape index (κ3) is 3.69. The SMILES string of the molecule is C=C(C)C(=O)OCC(=O)OCc1c2ccccc2cc2ccccc12. The summed E-state index contributed by atoms with van der Waals surface area (Å²) in [5, 5.41) is 4.24. The molecule has 0 N–H and O–H groups in total. The van der Waals surface area contributed by atoms with Gasteiger partial charge in [-0.3, -0.25) is 0 Å². The lowest BCUT2D eigenvalue weighted by Crippen LogP contribution is -2.16. The fourth-order valence-corrected chi connectivity index (χ4v) is 2.71. The van der Waals surface area contributed by atoms with Crippen LogP contribution < -0.4 is 0 Å². The number of carbonyl (C=O) groups excluding carboxylic acids is 2. The minimum Gasteiger partial charge on any atom is -0.458 e. The maximum absolute atomic E-state index is 11.9. The molecular weight excluding hydrogens is 316 g/mol. The van der Waals surface area contributed by atoms with Crippen molar-refractivity contribution in [1.29, 1.82) is 0 Å². The molecule has 0 saturated heterocycles. The topological polar surface area (TPSA) is 52.6 Å². The van der Waals surface area contributed by atoms with Crippen molar-refractivity contribution in [2.45, 2.75) is 13.5 Å². The van der Waals surface area contributed by atoms with Crippen LogP contribution in [-0.2, 0) is 25.7 Å². The van der Waals surface area contributed by atoms with E-state index >= 15 is 0 Å². The van der Waals surface area contributed by atoms with Crippen LogP contribution in [0, 0.1) is 0 Å². The van der Waals surface area contributed by atoms with Crippen molar-refractivity contribution in [3.8, 4) is 0 Å². The summed E-state index contributed by atoms with van der Waals surface area (Å²) in [5.74, 6) is -1.20. The van der Waals surface area contributed by atoms with E-state index in [9.17, 15) is 9.59 Å². The molecule has 4 heteroatoms. The molecule has 0 aliphatic heterocycles. The lowest BCUT2D eigenvalue weighted by Gasteiger charge is -2.12. The Bertz CT molecular complexity index is 918. The fourth-order valence-electron chi connectivity index (χ4n) is 2.71.